The molecular weight excluding hydrogens is 394 g/mol. The number of unbranched alkanes of at least 4 members (excludes halogenated alkanes) is 1. The van der Waals surface area contributed by atoms with Crippen LogP contribution in [-0.2, 0) is 14.3 Å². The molecule has 1 saturated carbocycles. The van der Waals surface area contributed by atoms with Gasteiger partial charge in [-0.25, -0.2) is 9.97 Å². The lowest BCUT2D eigenvalue weighted by Crippen LogP contribution is -2.36. The van der Waals surface area contributed by atoms with E-state index in [2.05, 4.69) is 37.8 Å². The van der Waals surface area contributed by atoms with Gasteiger partial charge in [0.15, 0.2) is 0 Å². The first kappa shape index (κ1) is 19.6. The molecule has 0 spiro atoms. The monoisotopic (exact) mass is 419 g/mol. The molecule has 24 heavy (non-hydrogen) atoms. The van der Waals surface area contributed by atoms with Gasteiger partial charge in [-0.1, -0.05) is 12.8 Å². The Morgan fingerprint density at radius 2 is 1.83 bits per heavy atom. The minimum absolute atomic E-state index is 0.303. The number of anilines is 1. The fraction of sp³-hybridized carbons (Fsp3) is 0.750. The molecule has 1 aliphatic carbocycles. The number of aromatic nitrogens is 2. The van der Waals surface area contributed by atoms with Crippen LogP contribution in [0.15, 0.2) is 16.9 Å². The van der Waals surface area contributed by atoms with Crippen LogP contribution in [0.25, 0.3) is 0 Å². The Balaban J connectivity index is 1.67. The van der Waals surface area contributed by atoms with E-state index < -0.39 is 10.1 Å². The first-order chi connectivity index (χ1) is 11.3. The zero-order valence-corrected chi connectivity index (χ0v) is 16.7. The van der Waals surface area contributed by atoms with Crippen molar-refractivity contribution in [3.63, 3.8) is 0 Å². The lowest BCUT2D eigenvalue weighted by Gasteiger charge is -2.34. The zero-order chi connectivity index (χ0) is 17.6. The van der Waals surface area contributed by atoms with Crippen LogP contribution in [0.5, 0.6) is 0 Å². The van der Waals surface area contributed by atoms with E-state index in [1.165, 1.54) is 12.8 Å². The molecule has 2 rings (SSSR count). The first-order valence-electron chi connectivity index (χ1n) is 8.40. The van der Waals surface area contributed by atoms with Crippen molar-refractivity contribution in [1.82, 2.24) is 9.97 Å². The van der Waals surface area contributed by atoms with Crippen LogP contribution < -0.4 is 4.90 Å². The van der Waals surface area contributed by atoms with Gasteiger partial charge in [-0.15, -0.1) is 0 Å². The molecule has 1 fully saturated rings. The van der Waals surface area contributed by atoms with Crippen molar-refractivity contribution in [2.24, 2.45) is 5.92 Å². The van der Waals surface area contributed by atoms with Crippen LogP contribution in [0, 0.1) is 5.92 Å². The van der Waals surface area contributed by atoms with Crippen LogP contribution in [-0.4, -0.2) is 44.3 Å². The summed E-state index contributed by atoms with van der Waals surface area (Å²) < 4.78 is 27.4. The highest BCUT2D eigenvalue weighted by Crippen LogP contribution is 2.31. The molecule has 1 heterocycles. The molecule has 0 aliphatic heterocycles. The molecule has 0 unspecified atom stereocenters. The normalized spacial score (nSPS) is 21.6. The Labute approximate surface area is 153 Å². The molecule has 8 heteroatoms. The lowest BCUT2D eigenvalue weighted by atomic mass is 9.83. The molecule has 1 aromatic heterocycles. The maximum Gasteiger partial charge on any atom is 0.264 e. The molecule has 0 amide bonds. The van der Waals surface area contributed by atoms with Crippen LogP contribution >= 0.6 is 15.9 Å². The second kappa shape index (κ2) is 9.10. The highest BCUT2D eigenvalue weighted by Gasteiger charge is 2.25. The lowest BCUT2D eigenvalue weighted by molar-refractivity contribution is 0.275. The van der Waals surface area contributed by atoms with Crippen molar-refractivity contribution < 1.29 is 12.6 Å². The van der Waals surface area contributed by atoms with Gasteiger partial charge in [0, 0.05) is 25.5 Å². The molecular formula is C16H26BrN3O3S. The average molecular weight is 420 g/mol. The van der Waals surface area contributed by atoms with E-state index in [0.717, 1.165) is 54.7 Å². The van der Waals surface area contributed by atoms with Gasteiger partial charge in [-0.05, 0) is 54.0 Å². The third kappa shape index (κ3) is 6.64. The Morgan fingerprint density at radius 3 is 2.42 bits per heavy atom. The second-order valence-electron chi connectivity index (χ2n) is 6.51. The Hall–Kier alpha value is -0.730. The van der Waals surface area contributed by atoms with Gasteiger partial charge in [0.25, 0.3) is 10.1 Å². The smallest absolute Gasteiger partial charge is 0.264 e. The van der Waals surface area contributed by atoms with E-state index >= 15 is 0 Å². The van der Waals surface area contributed by atoms with Crippen LogP contribution in [0.3, 0.4) is 0 Å². The Bertz CT molecular complexity index is 601. The van der Waals surface area contributed by atoms with E-state index in [4.69, 9.17) is 4.18 Å². The average Bonchev–Trinajstić information content (AvgIpc) is 2.54. The third-order valence-electron chi connectivity index (χ3n) is 4.59. The quantitative estimate of drug-likeness (QED) is 0.474. The molecule has 1 aliphatic rings. The van der Waals surface area contributed by atoms with Gasteiger partial charge in [0.1, 0.15) is 0 Å². The van der Waals surface area contributed by atoms with Crippen molar-refractivity contribution in [3.8, 4) is 0 Å². The van der Waals surface area contributed by atoms with E-state index in [1.807, 2.05) is 0 Å². The SMILES string of the molecule is CN(c1ncc(Br)cn1)C1CCC(CCCCOS(C)(=O)=O)CC1. The van der Waals surface area contributed by atoms with Crippen LogP contribution in [0.4, 0.5) is 5.95 Å². The zero-order valence-electron chi connectivity index (χ0n) is 14.3. The van der Waals surface area contributed by atoms with E-state index in [-0.39, 0.29) is 0 Å². The summed E-state index contributed by atoms with van der Waals surface area (Å²) in [4.78, 5) is 10.9. The number of rotatable bonds is 8. The summed E-state index contributed by atoms with van der Waals surface area (Å²) in [5.41, 5.74) is 0. The molecule has 136 valence electrons. The minimum atomic E-state index is -3.30. The maximum absolute atomic E-state index is 10.9. The van der Waals surface area contributed by atoms with Gasteiger partial charge >= 0.3 is 0 Å². The third-order valence-corrected chi connectivity index (χ3v) is 5.59. The largest absolute Gasteiger partial charge is 0.341 e. The predicted molar refractivity (Wildman–Crippen MR) is 98.5 cm³/mol. The summed E-state index contributed by atoms with van der Waals surface area (Å²) in [5, 5.41) is 0. The summed E-state index contributed by atoms with van der Waals surface area (Å²) in [5.74, 6) is 1.51. The number of halogens is 1. The van der Waals surface area contributed by atoms with Gasteiger partial charge in [0.05, 0.1) is 17.3 Å². The predicted octanol–water partition coefficient (Wildman–Crippen LogP) is 3.38. The maximum atomic E-state index is 10.9. The Morgan fingerprint density at radius 1 is 1.21 bits per heavy atom. The van der Waals surface area contributed by atoms with Crippen LogP contribution in [0.2, 0.25) is 0 Å². The molecule has 0 bridgehead atoms. The van der Waals surface area contributed by atoms with E-state index in [1.54, 1.807) is 12.4 Å². The molecule has 1 aromatic rings. The van der Waals surface area contributed by atoms with Crippen molar-refractivity contribution in [3.05, 3.63) is 16.9 Å². The van der Waals surface area contributed by atoms with E-state index in [0.29, 0.717) is 12.6 Å². The van der Waals surface area contributed by atoms with Gasteiger partial charge in [-0.2, -0.15) is 8.42 Å². The molecule has 0 N–H and O–H groups in total. The topological polar surface area (TPSA) is 72.4 Å². The standard InChI is InChI=1S/C16H26BrN3O3S/c1-20(16-18-11-14(17)12-19-16)15-8-6-13(7-9-15)5-3-4-10-23-24(2,21)22/h11-13,15H,3-10H2,1-2H3. The number of hydrogen-bond acceptors (Lipinski definition) is 6. The minimum Gasteiger partial charge on any atom is -0.341 e. The summed E-state index contributed by atoms with van der Waals surface area (Å²) in [6.07, 6.45) is 12.4. The summed E-state index contributed by atoms with van der Waals surface area (Å²) >= 11 is 3.36. The highest BCUT2D eigenvalue weighted by molar-refractivity contribution is 9.10. The van der Waals surface area contributed by atoms with E-state index in [9.17, 15) is 8.42 Å². The molecule has 0 radical (unpaired) electrons. The summed E-state index contributed by atoms with van der Waals surface area (Å²) in [6, 6.07) is 0.496. The number of nitrogens with zero attached hydrogens (tertiary/aromatic N) is 3. The van der Waals surface area contributed by atoms with Crippen molar-refractivity contribution in [2.75, 3.05) is 24.8 Å². The van der Waals surface area contributed by atoms with Crippen LogP contribution in [0.1, 0.15) is 44.9 Å². The molecule has 0 saturated heterocycles. The summed E-state index contributed by atoms with van der Waals surface area (Å²) in [7, 11) is -1.23. The van der Waals surface area contributed by atoms with Crippen molar-refractivity contribution >= 4 is 32.0 Å². The first-order valence-corrected chi connectivity index (χ1v) is 11.0. The summed E-state index contributed by atoms with van der Waals surface area (Å²) in [6.45, 7) is 0.303. The molecule has 6 nitrogen and oxygen atoms in total. The highest BCUT2D eigenvalue weighted by atomic mass is 79.9. The fourth-order valence-electron chi connectivity index (χ4n) is 3.22. The van der Waals surface area contributed by atoms with Gasteiger partial charge < -0.3 is 4.90 Å². The Kier molecular flexibility index (Phi) is 7.43. The van der Waals surface area contributed by atoms with Crippen molar-refractivity contribution in [2.45, 2.75) is 51.0 Å². The van der Waals surface area contributed by atoms with Gasteiger partial charge in [0.2, 0.25) is 5.95 Å². The molecule has 0 atom stereocenters. The second-order valence-corrected chi connectivity index (χ2v) is 9.07. The fourth-order valence-corrected chi connectivity index (χ4v) is 3.84. The van der Waals surface area contributed by atoms with Crippen molar-refractivity contribution in [1.29, 1.82) is 0 Å². The van der Waals surface area contributed by atoms with Gasteiger partial charge in [-0.3, -0.25) is 4.18 Å². The number of hydrogen-bond donors (Lipinski definition) is 0. The molecule has 0 aromatic carbocycles.